The van der Waals surface area contributed by atoms with E-state index in [9.17, 15) is 0 Å². The summed E-state index contributed by atoms with van der Waals surface area (Å²) in [6.07, 6.45) is 1.92. The molecule has 0 amide bonds. The van der Waals surface area contributed by atoms with Gasteiger partial charge in [0.1, 0.15) is 0 Å². The quantitative estimate of drug-likeness (QED) is 0.680. The molecule has 1 unspecified atom stereocenters. The molecule has 0 heterocycles. The molecular weight excluding hydrogens is 228 g/mol. The van der Waals surface area contributed by atoms with E-state index in [0.29, 0.717) is 0 Å². The Morgan fingerprint density at radius 2 is 1.59 bits per heavy atom. The van der Waals surface area contributed by atoms with Crippen LogP contribution in [0.2, 0.25) is 0 Å². The lowest BCUT2D eigenvalue weighted by molar-refractivity contribution is 0.896. The average molecular weight is 245 g/mol. The lowest BCUT2D eigenvalue weighted by atomic mass is 9.98. The first kappa shape index (κ1) is 12.2. The first-order valence-electron chi connectivity index (χ1n) is 6.07. The van der Waals surface area contributed by atoms with Crippen LogP contribution < -0.4 is 0 Å². The molecule has 0 aliphatic carbocycles. The van der Waals surface area contributed by atoms with Gasteiger partial charge in [-0.2, -0.15) is 0 Å². The topological polar surface area (TPSA) is 0 Å². The monoisotopic (exact) mass is 244 g/mol. The van der Waals surface area contributed by atoms with Crippen molar-refractivity contribution in [1.29, 1.82) is 0 Å². The molecule has 1 atom stereocenters. The smallest absolute Gasteiger partial charge is 0.0628 e. The van der Waals surface area contributed by atoms with Crippen LogP contribution in [0.15, 0.2) is 54.6 Å². The first-order valence-corrected chi connectivity index (χ1v) is 6.50. The Morgan fingerprint density at radius 3 is 2.29 bits per heavy atom. The Hall–Kier alpha value is -1.27. The van der Waals surface area contributed by atoms with Gasteiger partial charge in [0, 0.05) is 0 Å². The molecule has 0 aliphatic rings. The highest BCUT2D eigenvalue weighted by Gasteiger charge is 2.11. The minimum Gasteiger partial charge on any atom is -0.117 e. The van der Waals surface area contributed by atoms with Crippen LogP contribution in [0.25, 0.3) is 0 Å². The molecule has 0 saturated heterocycles. The predicted octanol–water partition coefficient (Wildman–Crippen LogP) is 4.77. The van der Waals surface area contributed by atoms with Crippen LogP contribution in [0.5, 0.6) is 0 Å². The van der Waals surface area contributed by atoms with Crippen LogP contribution in [-0.4, -0.2) is 0 Å². The summed E-state index contributed by atoms with van der Waals surface area (Å²) < 4.78 is 0. The van der Waals surface area contributed by atoms with Gasteiger partial charge in [-0.25, -0.2) is 0 Å². The van der Waals surface area contributed by atoms with Crippen molar-refractivity contribution in [2.24, 2.45) is 0 Å². The summed E-state index contributed by atoms with van der Waals surface area (Å²) in [4.78, 5) is 0. The van der Waals surface area contributed by atoms with Crippen molar-refractivity contribution < 1.29 is 0 Å². The normalized spacial score (nSPS) is 12.4. The third-order valence-electron chi connectivity index (χ3n) is 3.03. The van der Waals surface area contributed by atoms with Crippen molar-refractivity contribution in [2.45, 2.75) is 25.1 Å². The maximum atomic E-state index is 6.52. The van der Waals surface area contributed by atoms with Crippen molar-refractivity contribution in [3.8, 4) is 0 Å². The number of hydrogen-bond acceptors (Lipinski definition) is 0. The number of halogens is 1. The van der Waals surface area contributed by atoms with Gasteiger partial charge < -0.3 is 0 Å². The second kappa shape index (κ2) is 5.88. The second-order valence-electron chi connectivity index (χ2n) is 4.21. The molecule has 0 N–H and O–H groups in total. The van der Waals surface area contributed by atoms with Crippen molar-refractivity contribution >= 4 is 11.6 Å². The summed E-state index contributed by atoms with van der Waals surface area (Å²) in [5.41, 5.74) is 3.90. The third kappa shape index (κ3) is 3.10. The molecule has 88 valence electrons. The summed E-state index contributed by atoms with van der Waals surface area (Å²) in [5, 5.41) is 0.0635. The molecule has 0 saturated carbocycles. The molecule has 2 aromatic rings. The van der Waals surface area contributed by atoms with Crippen LogP contribution in [0.3, 0.4) is 0 Å². The van der Waals surface area contributed by atoms with Gasteiger partial charge in [-0.15, -0.1) is 11.6 Å². The molecule has 0 spiro atoms. The number of rotatable bonds is 4. The van der Waals surface area contributed by atoms with Gasteiger partial charge in [0.2, 0.25) is 0 Å². The van der Waals surface area contributed by atoms with E-state index in [4.69, 9.17) is 11.6 Å². The fraction of sp³-hybridized carbons (Fsp3) is 0.250. The fourth-order valence-electron chi connectivity index (χ4n) is 2.09. The van der Waals surface area contributed by atoms with Crippen LogP contribution in [-0.2, 0) is 12.8 Å². The predicted molar refractivity (Wildman–Crippen MR) is 74.6 cm³/mol. The number of alkyl halides is 1. The molecule has 0 nitrogen and oxygen atoms in total. The van der Waals surface area contributed by atoms with E-state index < -0.39 is 0 Å². The third-order valence-corrected chi connectivity index (χ3v) is 3.42. The molecule has 2 aromatic carbocycles. The summed E-state index contributed by atoms with van der Waals surface area (Å²) >= 11 is 6.52. The van der Waals surface area contributed by atoms with Crippen molar-refractivity contribution in [3.05, 3.63) is 71.3 Å². The Labute approximate surface area is 108 Å². The summed E-state index contributed by atoms with van der Waals surface area (Å²) in [6.45, 7) is 2.17. The molecule has 0 aliphatic heterocycles. The highest BCUT2D eigenvalue weighted by Crippen LogP contribution is 2.28. The molecular formula is C16H17Cl. The van der Waals surface area contributed by atoms with E-state index in [1.807, 2.05) is 6.07 Å². The highest BCUT2D eigenvalue weighted by molar-refractivity contribution is 6.21. The SMILES string of the molecule is CCc1ccccc1C(Cl)Cc1ccccc1. The van der Waals surface area contributed by atoms with Gasteiger partial charge in [0.25, 0.3) is 0 Å². The van der Waals surface area contributed by atoms with E-state index in [1.165, 1.54) is 16.7 Å². The summed E-state index contributed by atoms with van der Waals surface area (Å²) in [7, 11) is 0. The van der Waals surface area contributed by atoms with Gasteiger partial charge in [0.05, 0.1) is 5.38 Å². The van der Waals surface area contributed by atoms with E-state index in [1.54, 1.807) is 0 Å². The minimum atomic E-state index is 0.0635. The maximum Gasteiger partial charge on any atom is 0.0628 e. The van der Waals surface area contributed by atoms with Gasteiger partial charge in [-0.1, -0.05) is 61.5 Å². The van der Waals surface area contributed by atoms with Gasteiger partial charge >= 0.3 is 0 Å². The average Bonchev–Trinajstić information content (AvgIpc) is 2.40. The largest absolute Gasteiger partial charge is 0.117 e. The first-order chi connectivity index (χ1) is 8.31. The zero-order valence-electron chi connectivity index (χ0n) is 10.1. The molecule has 2 rings (SSSR count). The number of aryl methyl sites for hydroxylation is 1. The molecule has 0 bridgehead atoms. The lowest BCUT2D eigenvalue weighted by Crippen LogP contribution is -1.99. The Morgan fingerprint density at radius 1 is 0.941 bits per heavy atom. The molecule has 0 radical (unpaired) electrons. The highest BCUT2D eigenvalue weighted by atomic mass is 35.5. The zero-order chi connectivity index (χ0) is 12.1. The van der Waals surface area contributed by atoms with Crippen molar-refractivity contribution in [3.63, 3.8) is 0 Å². The van der Waals surface area contributed by atoms with E-state index in [0.717, 1.165) is 12.8 Å². The maximum absolute atomic E-state index is 6.52. The zero-order valence-corrected chi connectivity index (χ0v) is 10.8. The van der Waals surface area contributed by atoms with Crippen LogP contribution in [0.4, 0.5) is 0 Å². The van der Waals surface area contributed by atoms with Crippen LogP contribution in [0.1, 0.15) is 29.0 Å². The Balaban J connectivity index is 2.17. The van der Waals surface area contributed by atoms with Crippen LogP contribution >= 0.6 is 11.6 Å². The summed E-state index contributed by atoms with van der Waals surface area (Å²) in [5.74, 6) is 0. The molecule has 1 heteroatoms. The second-order valence-corrected chi connectivity index (χ2v) is 4.74. The lowest BCUT2D eigenvalue weighted by Gasteiger charge is -2.14. The molecule has 0 aromatic heterocycles. The standard InChI is InChI=1S/C16H17Cl/c1-2-14-10-6-7-11-15(14)16(17)12-13-8-4-3-5-9-13/h3-11,16H,2,12H2,1H3. The minimum absolute atomic E-state index is 0.0635. The van der Waals surface area contributed by atoms with Crippen LogP contribution in [0, 0.1) is 0 Å². The summed E-state index contributed by atoms with van der Waals surface area (Å²) in [6, 6.07) is 18.9. The Bertz CT molecular complexity index is 462. The Kier molecular flexibility index (Phi) is 4.22. The van der Waals surface area contributed by atoms with Crippen molar-refractivity contribution in [2.75, 3.05) is 0 Å². The van der Waals surface area contributed by atoms with E-state index >= 15 is 0 Å². The van der Waals surface area contributed by atoms with Gasteiger partial charge in [-0.05, 0) is 29.5 Å². The fourth-order valence-corrected chi connectivity index (χ4v) is 2.48. The van der Waals surface area contributed by atoms with E-state index in [2.05, 4.69) is 55.5 Å². The number of hydrogen-bond donors (Lipinski definition) is 0. The molecule has 17 heavy (non-hydrogen) atoms. The van der Waals surface area contributed by atoms with Gasteiger partial charge in [-0.3, -0.25) is 0 Å². The van der Waals surface area contributed by atoms with Crippen molar-refractivity contribution in [1.82, 2.24) is 0 Å². The van der Waals surface area contributed by atoms with E-state index in [-0.39, 0.29) is 5.38 Å². The van der Waals surface area contributed by atoms with Gasteiger partial charge in [0.15, 0.2) is 0 Å². The molecule has 0 fully saturated rings. The number of benzene rings is 2.